The maximum atomic E-state index is 13.6. The number of carboxylic acids is 1. The van der Waals surface area contributed by atoms with Crippen molar-refractivity contribution in [2.24, 2.45) is 0 Å². The van der Waals surface area contributed by atoms with Gasteiger partial charge in [0.25, 0.3) is 0 Å². The number of benzene rings is 3. The van der Waals surface area contributed by atoms with Gasteiger partial charge < -0.3 is 10.4 Å². The number of anilines is 1. The average Bonchev–Trinajstić information content (AvgIpc) is 2.73. The number of alkyl halides is 3. The predicted octanol–water partition coefficient (Wildman–Crippen LogP) is 5.74. The molecule has 0 saturated carbocycles. The van der Waals surface area contributed by atoms with Gasteiger partial charge in [-0.1, -0.05) is 41.6 Å². The van der Waals surface area contributed by atoms with Gasteiger partial charge in [0, 0.05) is 16.1 Å². The number of rotatable bonds is 3. The molecule has 32 heavy (non-hydrogen) atoms. The normalized spacial score (nSPS) is 10.8. The fourth-order valence-electron chi connectivity index (χ4n) is 2.71. The van der Waals surface area contributed by atoms with Gasteiger partial charge in [-0.15, -0.1) is 0 Å². The summed E-state index contributed by atoms with van der Waals surface area (Å²) in [5, 5.41) is 10.9. The minimum absolute atomic E-state index is 0.0224. The van der Waals surface area contributed by atoms with Crippen LogP contribution in [0, 0.1) is 17.7 Å². The van der Waals surface area contributed by atoms with E-state index in [9.17, 15) is 27.2 Å². The first-order valence-corrected chi connectivity index (χ1v) is 9.25. The quantitative estimate of drug-likeness (QED) is 0.386. The lowest BCUT2D eigenvalue weighted by Gasteiger charge is -2.09. The van der Waals surface area contributed by atoms with Gasteiger partial charge in [0.2, 0.25) is 0 Å². The molecule has 2 N–H and O–H groups in total. The topological polar surface area (TPSA) is 66.4 Å². The maximum absolute atomic E-state index is 13.6. The van der Waals surface area contributed by atoms with E-state index in [1.807, 2.05) is 0 Å². The van der Waals surface area contributed by atoms with Crippen molar-refractivity contribution >= 4 is 29.2 Å². The molecule has 0 aliphatic heterocycles. The fraction of sp³-hybridized carbons (Fsp3) is 0.0435. The smallest absolute Gasteiger partial charge is 0.471 e. The van der Waals surface area contributed by atoms with Gasteiger partial charge in [-0.05, 0) is 48.0 Å². The van der Waals surface area contributed by atoms with Crippen molar-refractivity contribution < 1.29 is 32.3 Å². The molecule has 0 aliphatic rings. The Morgan fingerprint density at radius 2 is 1.72 bits per heavy atom. The molecule has 0 aromatic heterocycles. The van der Waals surface area contributed by atoms with E-state index >= 15 is 0 Å². The highest BCUT2D eigenvalue weighted by molar-refractivity contribution is 6.33. The minimum Gasteiger partial charge on any atom is -0.478 e. The molecule has 3 aromatic rings. The molecule has 0 heterocycles. The lowest BCUT2D eigenvalue weighted by molar-refractivity contribution is -0.167. The zero-order valence-electron chi connectivity index (χ0n) is 15.9. The van der Waals surface area contributed by atoms with Gasteiger partial charge in [-0.2, -0.15) is 13.2 Å². The summed E-state index contributed by atoms with van der Waals surface area (Å²) in [6.45, 7) is 0. The van der Waals surface area contributed by atoms with Crippen molar-refractivity contribution in [2.75, 3.05) is 5.32 Å². The summed E-state index contributed by atoms with van der Waals surface area (Å²) in [7, 11) is 0. The lowest BCUT2D eigenvalue weighted by Crippen LogP contribution is -2.30. The first-order valence-electron chi connectivity index (χ1n) is 8.87. The number of amides is 1. The van der Waals surface area contributed by atoms with Gasteiger partial charge in [-0.25, -0.2) is 9.18 Å². The van der Waals surface area contributed by atoms with E-state index in [0.29, 0.717) is 16.7 Å². The molecule has 0 atom stereocenters. The van der Waals surface area contributed by atoms with Crippen molar-refractivity contribution in [1.82, 2.24) is 0 Å². The zero-order chi connectivity index (χ0) is 23.5. The molecule has 0 fully saturated rings. The highest BCUT2D eigenvalue weighted by Crippen LogP contribution is 2.29. The third-order valence-corrected chi connectivity index (χ3v) is 4.53. The van der Waals surface area contributed by atoms with Crippen LogP contribution in [0.1, 0.15) is 21.5 Å². The molecule has 0 aliphatic carbocycles. The molecule has 0 spiro atoms. The summed E-state index contributed by atoms with van der Waals surface area (Å²) in [5.74, 6) is 1.21. The van der Waals surface area contributed by atoms with E-state index in [1.54, 1.807) is 29.6 Å². The number of nitrogens with one attached hydrogen (secondary N) is 1. The third-order valence-electron chi connectivity index (χ3n) is 4.22. The predicted molar refractivity (Wildman–Crippen MR) is 111 cm³/mol. The third kappa shape index (κ3) is 5.45. The van der Waals surface area contributed by atoms with E-state index in [1.165, 1.54) is 18.2 Å². The SMILES string of the molecule is O=C(O)c1ccc(-c2cccc(C#Cc3cc(F)ccc3NC(=O)C(F)(F)F)c2)c(Cl)c1. The Morgan fingerprint density at radius 1 is 0.969 bits per heavy atom. The van der Waals surface area contributed by atoms with Gasteiger partial charge >= 0.3 is 18.1 Å². The van der Waals surface area contributed by atoms with Crippen LogP contribution in [0.25, 0.3) is 11.1 Å². The molecule has 0 saturated heterocycles. The second-order valence-corrected chi connectivity index (χ2v) is 6.88. The largest absolute Gasteiger partial charge is 0.478 e. The summed E-state index contributed by atoms with van der Waals surface area (Å²) in [5.41, 5.74) is 1.18. The number of hydrogen-bond acceptors (Lipinski definition) is 2. The van der Waals surface area contributed by atoms with Crippen LogP contribution < -0.4 is 5.32 Å². The van der Waals surface area contributed by atoms with Gasteiger partial charge in [0.05, 0.1) is 16.8 Å². The van der Waals surface area contributed by atoms with Crippen LogP contribution in [0.2, 0.25) is 5.02 Å². The molecule has 3 rings (SSSR count). The van der Waals surface area contributed by atoms with E-state index in [4.69, 9.17) is 16.7 Å². The molecule has 0 radical (unpaired) electrons. The first-order chi connectivity index (χ1) is 15.0. The Labute approximate surface area is 184 Å². The van der Waals surface area contributed by atoms with Crippen LogP contribution in [0.3, 0.4) is 0 Å². The van der Waals surface area contributed by atoms with Crippen LogP contribution in [0.4, 0.5) is 23.2 Å². The Hall–Kier alpha value is -3.83. The fourth-order valence-corrected chi connectivity index (χ4v) is 3.00. The van der Waals surface area contributed by atoms with Crippen LogP contribution >= 0.6 is 11.6 Å². The van der Waals surface area contributed by atoms with Crippen LogP contribution in [-0.2, 0) is 4.79 Å². The van der Waals surface area contributed by atoms with E-state index in [0.717, 1.165) is 18.2 Å². The van der Waals surface area contributed by atoms with E-state index in [2.05, 4.69) is 11.8 Å². The van der Waals surface area contributed by atoms with Crippen molar-refractivity contribution in [2.45, 2.75) is 6.18 Å². The Morgan fingerprint density at radius 3 is 2.38 bits per heavy atom. The highest BCUT2D eigenvalue weighted by Gasteiger charge is 2.38. The van der Waals surface area contributed by atoms with Gasteiger partial charge in [0.1, 0.15) is 5.82 Å². The molecule has 0 bridgehead atoms. The number of carbonyl (C=O) groups excluding carboxylic acids is 1. The summed E-state index contributed by atoms with van der Waals surface area (Å²) in [6.07, 6.45) is -5.11. The van der Waals surface area contributed by atoms with Crippen molar-refractivity contribution in [3.05, 3.63) is 88.2 Å². The zero-order valence-corrected chi connectivity index (χ0v) is 16.7. The van der Waals surface area contributed by atoms with E-state index < -0.39 is 23.9 Å². The van der Waals surface area contributed by atoms with Crippen molar-refractivity contribution in [3.63, 3.8) is 0 Å². The van der Waals surface area contributed by atoms with Crippen molar-refractivity contribution in [1.29, 1.82) is 0 Å². The number of hydrogen-bond donors (Lipinski definition) is 2. The summed E-state index contributed by atoms with van der Waals surface area (Å²) >= 11 is 6.18. The summed E-state index contributed by atoms with van der Waals surface area (Å²) < 4.78 is 51.2. The number of aromatic carboxylic acids is 1. The Bertz CT molecular complexity index is 1280. The van der Waals surface area contributed by atoms with E-state index in [-0.39, 0.29) is 21.8 Å². The van der Waals surface area contributed by atoms with Gasteiger partial charge in [-0.3, -0.25) is 4.79 Å². The average molecular weight is 462 g/mol. The summed E-state index contributed by atoms with van der Waals surface area (Å²) in [4.78, 5) is 22.3. The number of carbonyl (C=O) groups is 2. The molecule has 1 amide bonds. The Balaban J connectivity index is 1.94. The second kappa shape index (κ2) is 9.12. The van der Waals surface area contributed by atoms with Crippen LogP contribution in [0.15, 0.2) is 60.7 Å². The highest BCUT2D eigenvalue weighted by atomic mass is 35.5. The second-order valence-electron chi connectivity index (χ2n) is 6.47. The molecule has 162 valence electrons. The summed E-state index contributed by atoms with van der Waals surface area (Å²) in [6, 6.07) is 13.6. The molecule has 9 heteroatoms. The molecular formula is C23H12ClF4NO3. The van der Waals surface area contributed by atoms with Gasteiger partial charge in [0.15, 0.2) is 0 Å². The maximum Gasteiger partial charge on any atom is 0.471 e. The minimum atomic E-state index is -5.11. The molecule has 0 unspecified atom stereocenters. The monoisotopic (exact) mass is 461 g/mol. The Kier molecular flexibility index (Phi) is 6.51. The number of halogens is 5. The molecule has 3 aromatic carbocycles. The van der Waals surface area contributed by atoms with Crippen LogP contribution in [-0.4, -0.2) is 23.2 Å². The van der Waals surface area contributed by atoms with Crippen molar-refractivity contribution in [3.8, 4) is 23.0 Å². The first kappa shape index (κ1) is 22.8. The molecular weight excluding hydrogens is 450 g/mol. The standard InChI is InChI=1S/C23H12ClF4NO3/c24-19-12-16(21(30)31)6-8-18(19)14-3-1-2-13(10-14)4-5-15-11-17(25)7-9-20(15)29-22(32)23(26,27)28/h1-3,6-12H,(H,29,32)(H,30,31). The van der Waals surface area contributed by atoms with Crippen LogP contribution in [0.5, 0.6) is 0 Å². The lowest BCUT2D eigenvalue weighted by atomic mass is 10.0. The number of carboxylic acid groups (broad SMARTS) is 1. The molecule has 4 nitrogen and oxygen atoms in total.